The summed E-state index contributed by atoms with van der Waals surface area (Å²) in [5.41, 5.74) is 0.421. The van der Waals surface area contributed by atoms with Crippen LogP contribution in [-0.2, 0) is 6.42 Å². The Balaban J connectivity index is 1.76. The molecule has 1 aliphatic rings. The summed E-state index contributed by atoms with van der Waals surface area (Å²) in [5.74, 6) is 1.04. The van der Waals surface area contributed by atoms with E-state index in [4.69, 9.17) is 25.8 Å². The number of anilines is 1. The fraction of sp³-hybridized carbons (Fsp3) is 0.333. The largest absolute Gasteiger partial charge is 0.496 e. The average molecular weight is 340 g/mol. The van der Waals surface area contributed by atoms with Gasteiger partial charge in [-0.1, -0.05) is 11.6 Å². The molecule has 2 heterocycles. The van der Waals surface area contributed by atoms with Crippen LogP contribution in [0, 0.1) is 5.82 Å². The number of hydrogen-bond acceptors (Lipinski definition) is 6. The first-order valence-corrected chi connectivity index (χ1v) is 7.43. The maximum atomic E-state index is 14.6. The van der Waals surface area contributed by atoms with E-state index in [1.165, 1.54) is 13.4 Å². The lowest BCUT2D eigenvalue weighted by atomic mass is 10.1. The molecule has 0 aliphatic carbocycles. The smallest absolute Gasteiger partial charge is 0.197 e. The van der Waals surface area contributed by atoms with Crippen LogP contribution in [0.25, 0.3) is 0 Å². The van der Waals surface area contributed by atoms with Gasteiger partial charge in [-0.15, -0.1) is 0 Å². The number of methoxy groups -OCH3 is 1. The Hall–Kier alpha value is -2.28. The molecule has 6 nitrogen and oxygen atoms in total. The zero-order chi connectivity index (χ0) is 16.2. The first-order valence-electron chi connectivity index (χ1n) is 7.05. The van der Waals surface area contributed by atoms with Crippen LogP contribution < -0.4 is 19.5 Å². The summed E-state index contributed by atoms with van der Waals surface area (Å²) in [6.45, 7) is 1.17. The third kappa shape index (κ3) is 3.39. The fourth-order valence-corrected chi connectivity index (χ4v) is 2.47. The zero-order valence-electron chi connectivity index (χ0n) is 12.4. The van der Waals surface area contributed by atoms with Crippen molar-refractivity contribution in [3.05, 3.63) is 35.0 Å². The van der Waals surface area contributed by atoms with Crippen molar-refractivity contribution in [1.29, 1.82) is 0 Å². The minimum atomic E-state index is -0.457. The number of fused-ring (bicyclic) bond motifs is 1. The second-order valence-corrected chi connectivity index (χ2v) is 5.19. The van der Waals surface area contributed by atoms with Crippen molar-refractivity contribution in [1.82, 2.24) is 9.97 Å². The maximum Gasteiger partial charge on any atom is 0.197 e. The summed E-state index contributed by atoms with van der Waals surface area (Å²) < 4.78 is 30.7. The monoisotopic (exact) mass is 339 g/mol. The van der Waals surface area contributed by atoms with Gasteiger partial charge in [-0.05, 0) is 6.42 Å². The molecule has 2 aromatic rings. The predicted molar refractivity (Wildman–Crippen MR) is 83.2 cm³/mol. The molecule has 23 heavy (non-hydrogen) atoms. The van der Waals surface area contributed by atoms with Crippen LogP contribution in [0.2, 0.25) is 5.15 Å². The first-order chi connectivity index (χ1) is 11.2. The van der Waals surface area contributed by atoms with Gasteiger partial charge in [0.15, 0.2) is 17.3 Å². The van der Waals surface area contributed by atoms with Crippen molar-refractivity contribution in [2.45, 2.75) is 6.42 Å². The fourth-order valence-electron chi connectivity index (χ4n) is 2.32. The Morgan fingerprint density at radius 1 is 1.30 bits per heavy atom. The molecule has 0 radical (unpaired) electrons. The van der Waals surface area contributed by atoms with Gasteiger partial charge in [0, 0.05) is 24.2 Å². The van der Waals surface area contributed by atoms with Gasteiger partial charge in [0.1, 0.15) is 36.3 Å². The van der Waals surface area contributed by atoms with E-state index < -0.39 is 5.82 Å². The molecule has 1 aromatic carbocycles. The molecule has 122 valence electrons. The Bertz CT molecular complexity index is 715. The van der Waals surface area contributed by atoms with Crippen molar-refractivity contribution in [2.24, 2.45) is 0 Å². The summed E-state index contributed by atoms with van der Waals surface area (Å²) >= 11 is 5.79. The van der Waals surface area contributed by atoms with Gasteiger partial charge < -0.3 is 19.5 Å². The van der Waals surface area contributed by atoms with E-state index >= 15 is 0 Å². The summed E-state index contributed by atoms with van der Waals surface area (Å²) in [5, 5.41) is 3.40. The second kappa shape index (κ2) is 6.87. The Labute approximate surface area is 137 Å². The molecule has 0 atom stereocenters. The van der Waals surface area contributed by atoms with Gasteiger partial charge in [-0.3, -0.25) is 0 Å². The van der Waals surface area contributed by atoms with E-state index in [2.05, 4.69) is 15.3 Å². The van der Waals surface area contributed by atoms with E-state index in [0.717, 1.165) is 0 Å². The summed E-state index contributed by atoms with van der Waals surface area (Å²) in [6.07, 6.45) is 1.74. The molecule has 1 aromatic heterocycles. The van der Waals surface area contributed by atoms with Crippen LogP contribution in [0.15, 0.2) is 18.5 Å². The Morgan fingerprint density at radius 3 is 2.91 bits per heavy atom. The molecule has 0 spiro atoms. The van der Waals surface area contributed by atoms with E-state index in [-0.39, 0.29) is 5.75 Å². The van der Waals surface area contributed by atoms with Crippen molar-refractivity contribution in [3.63, 3.8) is 0 Å². The highest BCUT2D eigenvalue weighted by molar-refractivity contribution is 6.29. The predicted octanol–water partition coefficient (Wildman–Crippen LogP) is 2.70. The van der Waals surface area contributed by atoms with Crippen molar-refractivity contribution in [3.8, 4) is 17.2 Å². The number of halogens is 2. The van der Waals surface area contributed by atoms with Crippen molar-refractivity contribution in [2.75, 3.05) is 32.2 Å². The standard InChI is InChI=1S/C15H15ClFN3O3/c1-21-10-6-11-15(23-5-4-22-11)14(17)9(10)2-3-18-13-7-12(16)19-8-20-13/h6-8H,2-5H2,1H3,(H,18,19,20). The van der Waals surface area contributed by atoms with Crippen LogP contribution in [0.5, 0.6) is 17.2 Å². The van der Waals surface area contributed by atoms with E-state index in [1.807, 2.05) is 0 Å². The molecule has 8 heteroatoms. The minimum Gasteiger partial charge on any atom is -0.496 e. The molecule has 0 bridgehead atoms. The topological polar surface area (TPSA) is 65.5 Å². The highest BCUT2D eigenvalue weighted by Gasteiger charge is 2.23. The first kappa shape index (κ1) is 15.6. The second-order valence-electron chi connectivity index (χ2n) is 4.80. The van der Waals surface area contributed by atoms with Gasteiger partial charge in [-0.2, -0.15) is 0 Å². The summed E-state index contributed by atoms with van der Waals surface area (Å²) in [6, 6.07) is 3.24. The third-order valence-electron chi connectivity index (χ3n) is 3.37. The number of hydrogen-bond donors (Lipinski definition) is 1. The quantitative estimate of drug-likeness (QED) is 0.845. The minimum absolute atomic E-state index is 0.136. The number of nitrogens with zero attached hydrogens (tertiary/aromatic N) is 2. The number of benzene rings is 1. The van der Waals surface area contributed by atoms with Crippen LogP contribution in [0.3, 0.4) is 0 Å². The van der Waals surface area contributed by atoms with Crippen molar-refractivity contribution >= 4 is 17.4 Å². The molecular formula is C15H15ClFN3O3. The molecule has 0 fully saturated rings. The molecular weight excluding hydrogens is 325 g/mol. The third-order valence-corrected chi connectivity index (χ3v) is 3.58. The lowest BCUT2D eigenvalue weighted by Crippen LogP contribution is -2.18. The molecule has 0 amide bonds. The van der Waals surface area contributed by atoms with Crippen LogP contribution in [0.1, 0.15) is 5.56 Å². The van der Waals surface area contributed by atoms with E-state index in [0.29, 0.717) is 54.2 Å². The van der Waals surface area contributed by atoms with Crippen LogP contribution >= 0.6 is 11.6 Å². The highest BCUT2D eigenvalue weighted by atomic mass is 35.5. The van der Waals surface area contributed by atoms with Gasteiger partial charge >= 0.3 is 0 Å². The lowest BCUT2D eigenvalue weighted by Gasteiger charge is -2.22. The number of nitrogens with one attached hydrogen (secondary N) is 1. The van der Waals surface area contributed by atoms with Crippen LogP contribution in [-0.4, -0.2) is 36.8 Å². The van der Waals surface area contributed by atoms with Crippen LogP contribution in [0.4, 0.5) is 10.2 Å². The molecule has 1 aliphatic heterocycles. The maximum absolute atomic E-state index is 14.6. The molecule has 1 N–H and O–H groups in total. The Kier molecular flexibility index (Phi) is 4.66. The molecule has 3 rings (SSSR count). The van der Waals surface area contributed by atoms with E-state index in [9.17, 15) is 4.39 Å². The summed E-state index contributed by atoms with van der Waals surface area (Å²) in [7, 11) is 1.49. The van der Waals surface area contributed by atoms with Gasteiger partial charge in [0.2, 0.25) is 0 Å². The van der Waals surface area contributed by atoms with E-state index in [1.54, 1.807) is 12.1 Å². The molecule has 0 saturated heterocycles. The number of aromatic nitrogens is 2. The molecule has 0 saturated carbocycles. The molecule has 0 unspecified atom stereocenters. The van der Waals surface area contributed by atoms with Gasteiger partial charge in [0.05, 0.1) is 7.11 Å². The normalized spacial score (nSPS) is 12.8. The SMILES string of the molecule is COc1cc2c(c(F)c1CCNc1cc(Cl)ncn1)OCCO2. The number of ether oxygens (including phenoxy) is 3. The number of rotatable bonds is 5. The van der Waals surface area contributed by atoms with Gasteiger partial charge in [-0.25, -0.2) is 14.4 Å². The van der Waals surface area contributed by atoms with Crippen molar-refractivity contribution < 1.29 is 18.6 Å². The average Bonchev–Trinajstić information content (AvgIpc) is 2.57. The zero-order valence-corrected chi connectivity index (χ0v) is 13.2. The lowest BCUT2D eigenvalue weighted by molar-refractivity contribution is 0.163. The summed E-state index contributed by atoms with van der Waals surface area (Å²) in [4.78, 5) is 7.83. The highest BCUT2D eigenvalue weighted by Crippen LogP contribution is 2.40. The van der Waals surface area contributed by atoms with Gasteiger partial charge in [0.25, 0.3) is 0 Å². The Morgan fingerprint density at radius 2 is 2.13 bits per heavy atom.